The van der Waals surface area contributed by atoms with E-state index in [2.05, 4.69) is 11.9 Å². The highest BCUT2D eigenvalue weighted by Gasteiger charge is 1.86. The van der Waals surface area contributed by atoms with Gasteiger partial charge in [-0.25, -0.2) is 0 Å². The number of rotatable bonds is 4. The van der Waals surface area contributed by atoms with Crippen LogP contribution in [0.15, 0.2) is 36.9 Å². The fourth-order valence-electron chi connectivity index (χ4n) is 0.890. The normalized spacial score (nSPS) is 8.67. The summed E-state index contributed by atoms with van der Waals surface area (Å²) in [5, 5.41) is 2.88. The molecule has 0 aliphatic rings. The molecule has 0 spiro atoms. The van der Waals surface area contributed by atoms with Crippen molar-refractivity contribution in [1.82, 2.24) is 5.32 Å². The number of carbonyl (C=O) groups excluding carboxylic acids is 1. The number of carbonyl (C=O) groups is 1. The molecular formula is C13H19NO. The van der Waals surface area contributed by atoms with Crippen molar-refractivity contribution < 1.29 is 4.79 Å². The molecule has 2 heteroatoms. The van der Waals surface area contributed by atoms with Crippen molar-refractivity contribution >= 4 is 11.9 Å². The van der Waals surface area contributed by atoms with Crippen LogP contribution in [0.2, 0.25) is 0 Å². The first-order valence-corrected chi connectivity index (χ1v) is 5.02. The molecule has 0 atom stereocenters. The molecule has 1 aromatic rings. The van der Waals surface area contributed by atoms with Crippen molar-refractivity contribution in [2.45, 2.75) is 13.3 Å². The quantitative estimate of drug-likeness (QED) is 0.818. The molecule has 0 amide bonds. The topological polar surface area (TPSA) is 29.1 Å². The predicted molar refractivity (Wildman–Crippen MR) is 65.8 cm³/mol. The average molecular weight is 205 g/mol. The molecule has 0 bridgehead atoms. The maximum Gasteiger partial charge on any atom is 0.131 e. The van der Waals surface area contributed by atoms with Crippen LogP contribution in [0.5, 0.6) is 0 Å². The van der Waals surface area contributed by atoms with E-state index in [1.165, 1.54) is 5.56 Å². The Hall–Kier alpha value is -1.41. The van der Waals surface area contributed by atoms with E-state index in [-0.39, 0.29) is 5.78 Å². The largest absolute Gasteiger partial charge is 0.319 e. The Labute approximate surface area is 92.0 Å². The van der Waals surface area contributed by atoms with E-state index >= 15 is 0 Å². The summed E-state index contributed by atoms with van der Waals surface area (Å²) in [5.41, 5.74) is 1.17. The number of benzene rings is 1. The van der Waals surface area contributed by atoms with Crippen LogP contribution < -0.4 is 5.32 Å². The molecule has 0 saturated heterocycles. The van der Waals surface area contributed by atoms with Gasteiger partial charge in [0.1, 0.15) is 5.78 Å². The Morgan fingerprint density at radius 1 is 1.40 bits per heavy atom. The number of ketones is 1. The number of hydrogen-bond donors (Lipinski definition) is 1. The first kappa shape index (κ1) is 13.6. The van der Waals surface area contributed by atoms with Crippen LogP contribution in [0.25, 0.3) is 6.08 Å². The lowest BCUT2D eigenvalue weighted by molar-refractivity contribution is -0.116. The summed E-state index contributed by atoms with van der Waals surface area (Å²) < 4.78 is 0. The monoisotopic (exact) mass is 205 g/mol. The second kappa shape index (κ2) is 9.16. The Morgan fingerprint density at radius 3 is 2.27 bits per heavy atom. The molecule has 0 heterocycles. The molecule has 82 valence electrons. The molecule has 0 radical (unpaired) electrons. The van der Waals surface area contributed by atoms with Gasteiger partial charge in [0.25, 0.3) is 0 Å². The summed E-state index contributed by atoms with van der Waals surface area (Å²) in [6, 6.07) is 10.0. The summed E-state index contributed by atoms with van der Waals surface area (Å²) in [6.07, 6.45) is 2.48. The molecular weight excluding hydrogens is 186 g/mol. The van der Waals surface area contributed by atoms with Crippen LogP contribution in [0.4, 0.5) is 0 Å². The van der Waals surface area contributed by atoms with Gasteiger partial charge in [0, 0.05) is 13.0 Å². The van der Waals surface area contributed by atoms with Gasteiger partial charge in [0.05, 0.1) is 0 Å². The zero-order valence-corrected chi connectivity index (χ0v) is 9.49. The third kappa shape index (κ3) is 8.91. The summed E-state index contributed by atoms with van der Waals surface area (Å²) in [7, 11) is 1.84. The molecule has 0 saturated carbocycles. The second-order valence-electron chi connectivity index (χ2n) is 3.17. The fourth-order valence-corrected chi connectivity index (χ4v) is 0.890. The van der Waals surface area contributed by atoms with E-state index in [1.54, 1.807) is 6.92 Å². The molecule has 1 aromatic carbocycles. The number of hydrogen-bond acceptors (Lipinski definition) is 2. The zero-order chi connectivity index (χ0) is 11.5. The van der Waals surface area contributed by atoms with Crippen molar-refractivity contribution in [2.24, 2.45) is 0 Å². The van der Waals surface area contributed by atoms with Gasteiger partial charge in [0.15, 0.2) is 0 Å². The van der Waals surface area contributed by atoms with E-state index in [0.717, 1.165) is 6.54 Å². The lowest BCUT2D eigenvalue weighted by Crippen LogP contribution is -2.10. The van der Waals surface area contributed by atoms with Gasteiger partial charge in [0.2, 0.25) is 0 Å². The van der Waals surface area contributed by atoms with Crippen molar-refractivity contribution in [3.8, 4) is 0 Å². The first-order chi connectivity index (χ1) is 7.20. The Balaban J connectivity index is 0.000000265. The summed E-state index contributed by atoms with van der Waals surface area (Å²) in [6.45, 7) is 6.03. The lowest BCUT2D eigenvalue weighted by atomic mass is 10.2. The molecule has 0 aliphatic heterocycles. The highest BCUT2D eigenvalue weighted by Crippen LogP contribution is 1.97. The molecule has 0 unspecified atom stereocenters. The maximum absolute atomic E-state index is 10.2. The fraction of sp³-hybridized carbons (Fsp3) is 0.308. The second-order valence-corrected chi connectivity index (χ2v) is 3.17. The van der Waals surface area contributed by atoms with Crippen LogP contribution in [0.1, 0.15) is 18.9 Å². The minimum Gasteiger partial charge on any atom is -0.319 e. The molecule has 15 heavy (non-hydrogen) atoms. The van der Waals surface area contributed by atoms with Crippen LogP contribution >= 0.6 is 0 Å². The van der Waals surface area contributed by atoms with Crippen LogP contribution in [-0.4, -0.2) is 19.4 Å². The third-order valence-electron chi connectivity index (χ3n) is 1.76. The van der Waals surface area contributed by atoms with Crippen LogP contribution in [-0.2, 0) is 4.79 Å². The van der Waals surface area contributed by atoms with E-state index in [1.807, 2.05) is 43.5 Å². The summed E-state index contributed by atoms with van der Waals surface area (Å²) >= 11 is 0. The molecule has 0 aromatic heterocycles. The molecule has 0 aliphatic carbocycles. The van der Waals surface area contributed by atoms with Crippen molar-refractivity contribution in [2.75, 3.05) is 13.6 Å². The Kier molecular flexibility index (Phi) is 8.30. The predicted octanol–water partition coefficient (Wildman–Crippen LogP) is 2.51. The maximum atomic E-state index is 10.2. The molecule has 1 rings (SSSR count). The standard InChI is InChI=1S/C8H8.C5H11NO/c1-2-8-6-4-3-5-7-8;1-5(7)3-4-6-2/h2-7H,1H2;6H,3-4H2,1-2H3. The highest BCUT2D eigenvalue weighted by atomic mass is 16.1. The molecule has 0 fully saturated rings. The zero-order valence-electron chi connectivity index (χ0n) is 9.49. The van der Waals surface area contributed by atoms with Gasteiger partial charge in [-0.15, -0.1) is 0 Å². The van der Waals surface area contributed by atoms with E-state index < -0.39 is 0 Å². The molecule has 1 N–H and O–H groups in total. The van der Waals surface area contributed by atoms with Crippen LogP contribution in [0.3, 0.4) is 0 Å². The number of nitrogens with one attached hydrogen (secondary N) is 1. The van der Waals surface area contributed by atoms with E-state index in [4.69, 9.17) is 0 Å². The number of Topliss-reactive ketones (excluding diaryl/α,β-unsaturated/α-hetero) is 1. The van der Waals surface area contributed by atoms with E-state index in [0.29, 0.717) is 6.42 Å². The van der Waals surface area contributed by atoms with Gasteiger partial charge in [-0.1, -0.05) is 43.0 Å². The van der Waals surface area contributed by atoms with Crippen molar-refractivity contribution in [3.63, 3.8) is 0 Å². The van der Waals surface area contributed by atoms with Crippen LogP contribution in [0, 0.1) is 0 Å². The minimum absolute atomic E-state index is 0.245. The lowest BCUT2D eigenvalue weighted by Gasteiger charge is -1.89. The van der Waals surface area contributed by atoms with Crippen molar-refractivity contribution in [1.29, 1.82) is 0 Å². The van der Waals surface area contributed by atoms with E-state index in [9.17, 15) is 4.79 Å². The van der Waals surface area contributed by atoms with Gasteiger partial charge in [-0.3, -0.25) is 4.79 Å². The SMILES string of the molecule is C=Cc1ccccc1.CNCCC(C)=O. The molecule has 2 nitrogen and oxygen atoms in total. The minimum atomic E-state index is 0.245. The van der Waals surface area contributed by atoms with Gasteiger partial charge < -0.3 is 5.32 Å². The smallest absolute Gasteiger partial charge is 0.131 e. The van der Waals surface area contributed by atoms with Gasteiger partial charge >= 0.3 is 0 Å². The average Bonchev–Trinajstić information content (AvgIpc) is 2.28. The Morgan fingerprint density at radius 2 is 2.00 bits per heavy atom. The summed E-state index contributed by atoms with van der Waals surface area (Å²) in [4.78, 5) is 10.2. The van der Waals surface area contributed by atoms with Gasteiger partial charge in [-0.05, 0) is 19.5 Å². The third-order valence-corrected chi connectivity index (χ3v) is 1.76. The van der Waals surface area contributed by atoms with Crippen molar-refractivity contribution in [3.05, 3.63) is 42.5 Å². The van der Waals surface area contributed by atoms with Gasteiger partial charge in [-0.2, -0.15) is 0 Å². The summed E-state index contributed by atoms with van der Waals surface area (Å²) in [5.74, 6) is 0.245. The highest BCUT2D eigenvalue weighted by molar-refractivity contribution is 5.75. The first-order valence-electron chi connectivity index (χ1n) is 5.02. The Bertz CT molecular complexity index is 280.